The molecule has 0 saturated carbocycles. The lowest BCUT2D eigenvalue weighted by molar-refractivity contribution is -0.290. The Hall–Kier alpha value is -3.81. The van der Waals surface area contributed by atoms with Crippen LogP contribution in [0, 0.1) is 13.8 Å². The van der Waals surface area contributed by atoms with Gasteiger partial charge in [0.2, 0.25) is 0 Å². The Balaban J connectivity index is 1.23. The zero-order valence-corrected chi connectivity index (χ0v) is 29.2. The van der Waals surface area contributed by atoms with Crippen molar-refractivity contribution in [3.8, 4) is 5.75 Å². The average Bonchev–Trinajstić information content (AvgIpc) is 3.40. The van der Waals surface area contributed by atoms with Crippen LogP contribution in [0.4, 0.5) is 39.5 Å². The molecular formula is C34H35F9N4O5S. The number of carbonyl (C=O) groups is 2. The summed E-state index contributed by atoms with van der Waals surface area (Å²) >= 11 is -1.67. The van der Waals surface area contributed by atoms with Crippen LogP contribution < -0.4 is 10.1 Å². The largest absolute Gasteiger partial charge is 0.593 e. The number of rotatable bonds is 9. The van der Waals surface area contributed by atoms with Crippen LogP contribution in [-0.2, 0) is 22.3 Å². The first-order valence-electron chi connectivity index (χ1n) is 16.3. The molecule has 1 atom stereocenters. The lowest BCUT2D eigenvalue weighted by Gasteiger charge is -2.36. The predicted molar refractivity (Wildman–Crippen MR) is 175 cm³/mol. The number of alkyl halides is 9. The molecule has 1 unspecified atom stereocenters. The van der Waals surface area contributed by atoms with Crippen LogP contribution in [0.15, 0.2) is 40.7 Å². The maximum atomic E-state index is 13.8. The molecule has 2 amide bonds. The molecule has 0 aromatic heterocycles. The second-order valence-corrected chi connectivity index (χ2v) is 14.7. The van der Waals surface area contributed by atoms with E-state index in [-0.39, 0.29) is 69.2 Å². The minimum Gasteiger partial charge on any atom is -0.593 e. The fourth-order valence-corrected chi connectivity index (χ4v) is 7.29. The number of hydrogen-bond donors (Lipinski definition) is 2. The summed E-state index contributed by atoms with van der Waals surface area (Å²) in [4.78, 5) is 32.1. The van der Waals surface area contributed by atoms with Crippen molar-refractivity contribution in [2.75, 3.05) is 39.5 Å². The first-order valence-corrected chi connectivity index (χ1v) is 17.5. The highest BCUT2D eigenvalue weighted by Crippen LogP contribution is 2.41. The van der Waals surface area contributed by atoms with Crippen molar-refractivity contribution in [1.82, 2.24) is 14.5 Å². The Morgan fingerprint density at radius 3 is 2.15 bits per heavy atom. The van der Waals surface area contributed by atoms with E-state index in [1.54, 1.807) is 41.3 Å². The molecule has 0 radical (unpaired) electrons. The van der Waals surface area contributed by atoms with E-state index >= 15 is 0 Å². The van der Waals surface area contributed by atoms with Gasteiger partial charge in [-0.1, -0.05) is 0 Å². The highest BCUT2D eigenvalue weighted by molar-refractivity contribution is 7.92. The number of likely N-dealkylation sites (tertiary alicyclic amines) is 1. The van der Waals surface area contributed by atoms with Gasteiger partial charge in [-0.2, -0.15) is 35.1 Å². The van der Waals surface area contributed by atoms with Crippen molar-refractivity contribution < 1.29 is 63.5 Å². The summed E-state index contributed by atoms with van der Waals surface area (Å²) in [7, 11) is 0. The number of aliphatic imine (C=N–C) groups is 1. The van der Waals surface area contributed by atoms with Gasteiger partial charge in [0.05, 0.1) is 22.5 Å². The lowest BCUT2D eigenvalue weighted by atomic mass is 9.89. The third-order valence-electron chi connectivity index (χ3n) is 9.59. The SMILES string of the molecule is Cc1cc(C(=O)N2CCC(O)(CF)CC2)cc(C)c1/C=C/[S+]([O-])N1CCC2(CC1)N=C(c1ccc(OCC(F)(F)C(F)(F)F)c(C(F)(F)F)c1)NC2=O. The molecule has 53 heavy (non-hydrogen) atoms. The van der Waals surface area contributed by atoms with Crippen molar-refractivity contribution in [2.45, 2.75) is 68.9 Å². The zero-order chi connectivity index (χ0) is 39.1. The number of nitrogens with one attached hydrogen (secondary N) is 1. The standard InChI is InChI=1S/C34H35F9N4O5S/c1-20-15-23(28(48)46-10-6-30(50,18-35)7-11-46)16-21(2)24(20)5-14-53(51)47-12-8-31(9-13-47)29(49)44-27(45-31)22-3-4-26(25(17-22)33(38,39)40)52-19-32(36,37)34(41,42)43/h3-5,14-17,50H,6-13,18-19H2,1-2H3,(H,44,45,49)/b14-5+. The molecule has 0 aliphatic carbocycles. The van der Waals surface area contributed by atoms with Crippen LogP contribution >= 0.6 is 0 Å². The van der Waals surface area contributed by atoms with Gasteiger partial charge in [0.1, 0.15) is 29.2 Å². The Morgan fingerprint density at radius 2 is 1.60 bits per heavy atom. The van der Waals surface area contributed by atoms with E-state index in [1.807, 2.05) is 0 Å². The van der Waals surface area contributed by atoms with E-state index in [1.165, 1.54) is 5.41 Å². The van der Waals surface area contributed by atoms with E-state index in [2.05, 4.69) is 15.0 Å². The predicted octanol–water partition coefficient (Wildman–Crippen LogP) is 5.88. The number of piperidine rings is 2. The molecule has 2 N–H and O–H groups in total. The Morgan fingerprint density at radius 1 is 1.00 bits per heavy atom. The number of hydrogen-bond acceptors (Lipinski definition) is 7. The highest BCUT2D eigenvalue weighted by atomic mass is 32.2. The van der Waals surface area contributed by atoms with Crippen molar-refractivity contribution >= 4 is 35.1 Å². The second-order valence-electron chi connectivity index (χ2n) is 13.3. The smallest absolute Gasteiger partial charge is 0.456 e. The molecule has 2 aromatic carbocycles. The van der Waals surface area contributed by atoms with Crippen LogP contribution in [0.1, 0.15) is 63.9 Å². The number of aliphatic hydroxyl groups is 1. The van der Waals surface area contributed by atoms with Gasteiger partial charge in [-0.25, -0.2) is 4.39 Å². The summed E-state index contributed by atoms with van der Waals surface area (Å²) in [5, 5.41) is 14.0. The summed E-state index contributed by atoms with van der Waals surface area (Å²) in [6, 6.07) is 5.33. The average molecular weight is 783 g/mol. The summed E-state index contributed by atoms with van der Waals surface area (Å²) in [5.41, 5.74) is -2.16. The molecular weight excluding hydrogens is 747 g/mol. The number of halogens is 9. The van der Waals surface area contributed by atoms with Gasteiger partial charge in [-0.15, -0.1) is 4.31 Å². The first kappa shape index (κ1) is 40.4. The van der Waals surface area contributed by atoms with Crippen molar-refractivity contribution in [3.63, 3.8) is 0 Å². The molecule has 2 aromatic rings. The molecule has 5 rings (SSSR count). The molecule has 2 saturated heterocycles. The van der Waals surface area contributed by atoms with Gasteiger partial charge in [0.25, 0.3) is 11.8 Å². The summed E-state index contributed by atoms with van der Waals surface area (Å²) in [5.74, 6) is -7.82. The Kier molecular flexibility index (Phi) is 11.3. The molecule has 2 fully saturated rings. The minimum atomic E-state index is -6.04. The molecule has 19 heteroatoms. The van der Waals surface area contributed by atoms with Crippen molar-refractivity contribution in [3.05, 3.63) is 69.1 Å². The van der Waals surface area contributed by atoms with Crippen molar-refractivity contribution in [1.29, 1.82) is 0 Å². The quantitative estimate of drug-likeness (QED) is 0.243. The molecule has 0 bridgehead atoms. The van der Waals surface area contributed by atoms with Crippen LogP contribution in [0.3, 0.4) is 0 Å². The van der Waals surface area contributed by atoms with E-state index in [9.17, 15) is 58.8 Å². The monoisotopic (exact) mass is 782 g/mol. The zero-order valence-electron chi connectivity index (χ0n) is 28.3. The Labute approximate surface area is 301 Å². The van der Waals surface area contributed by atoms with Crippen LogP contribution in [0.25, 0.3) is 6.08 Å². The minimum absolute atomic E-state index is 0.0376. The van der Waals surface area contributed by atoms with Crippen LogP contribution in [-0.4, -0.2) is 99.2 Å². The van der Waals surface area contributed by atoms with E-state index in [0.717, 1.165) is 22.8 Å². The second kappa shape index (κ2) is 14.8. The Bertz CT molecular complexity index is 1760. The number of nitrogens with zero attached hydrogens (tertiary/aromatic N) is 3. The van der Waals surface area contributed by atoms with Gasteiger partial charge >= 0.3 is 18.3 Å². The third-order valence-corrected chi connectivity index (χ3v) is 10.8. The number of amidine groups is 1. The molecule has 3 heterocycles. The third kappa shape index (κ3) is 8.62. The van der Waals surface area contributed by atoms with Gasteiger partial charge in [-0.3, -0.25) is 14.6 Å². The topological polar surface area (TPSA) is 118 Å². The summed E-state index contributed by atoms with van der Waals surface area (Å²) < 4.78 is 138. The van der Waals surface area contributed by atoms with E-state index in [4.69, 9.17) is 0 Å². The first-order chi connectivity index (χ1) is 24.6. The van der Waals surface area contributed by atoms with Gasteiger partial charge in [0.15, 0.2) is 6.61 Å². The van der Waals surface area contributed by atoms with Gasteiger partial charge < -0.3 is 24.6 Å². The number of carbonyl (C=O) groups excluding carboxylic acids is 2. The molecule has 3 aliphatic rings. The maximum Gasteiger partial charge on any atom is 0.456 e. The van der Waals surface area contributed by atoms with Gasteiger partial charge in [-0.05, 0) is 92.6 Å². The van der Waals surface area contributed by atoms with Crippen molar-refractivity contribution in [2.24, 2.45) is 4.99 Å². The fourth-order valence-electron chi connectivity index (χ4n) is 6.32. The highest BCUT2D eigenvalue weighted by Gasteiger charge is 2.58. The molecule has 290 valence electrons. The fraction of sp³-hybridized carbons (Fsp3) is 0.500. The lowest BCUT2D eigenvalue weighted by Crippen LogP contribution is -2.50. The van der Waals surface area contributed by atoms with Gasteiger partial charge in [0, 0.05) is 37.3 Å². The summed E-state index contributed by atoms with van der Waals surface area (Å²) in [6.07, 6.45) is -9.27. The van der Waals surface area contributed by atoms with Crippen LogP contribution in [0.2, 0.25) is 0 Å². The number of amides is 2. The van der Waals surface area contributed by atoms with E-state index in [0.29, 0.717) is 17.7 Å². The van der Waals surface area contributed by atoms with Crippen LogP contribution in [0.5, 0.6) is 5.75 Å². The summed E-state index contributed by atoms with van der Waals surface area (Å²) in [6.45, 7) is 0.957. The molecule has 3 aliphatic heterocycles. The number of ether oxygens (including phenoxy) is 1. The normalized spacial score (nSPS) is 20.1. The number of benzene rings is 2. The molecule has 9 nitrogen and oxygen atoms in total. The number of aryl methyl sites for hydroxylation is 2. The van der Waals surface area contributed by atoms with E-state index < -0.39 is 71.3 Å². The maximum absolute atomic E-state index is 13.8. The molecule has 1 spiro atoms.